The van der Waals surface area contributed by atoms with Gasteiger partial charge in [-0.05, 0) is 30.5 Å². The smallest absolute Gasteiger partial charge is 0.185 e. The minimum Gasteiger partial charge on any atom is -0.207 e. The summed E-state index contributed by atoms with van der Waals surface area (Å²) in [4.78, 5) is 0. The monoisotopic (exact) mass is 204 g/mol. The van der Waals surface area contributed by atoms with E-state index in [9.17, 15) is 4.39 Å². The Morgan fingerprint density at radius 1 is 1.20 bits per heavy atom. The maximum Gasteiger partial charge on any atom is 0.185 e. The molecule has 4 nitrogen and oxygen atoms in total. The summed E-state index contributed by atoms with van der Waals surface area (Å²) in [5.41, 5.74) is 0.936. The minimum atomic E-state index is -0.220. The van der Waals surface area contributed by atoms with Gasteiger partial charge in [0.1, 0.15) is 5.82 Å². The topological polar surface area (TPSA) is 54.5 Å². The highest BCUT2D eigenvalue weighted by atomic mass is 19.1. The molecule has 5 heteroatoms. The molecule has 15 heavy (non-hydrogen) atoms. The molecule has 76 valence electrons. The number of nitrogens with one attached hydrogen (secondary N) is 1. The number of hydrogen-bond acceptors (Lipinski definition) is 3. The highest BCUT2D eigenvalue weighted by Gasteiger charge is 2.49. The SMILES string of the molecule is Fc1ccc(C2(c3nn[nH]n3)CC2)cc1. The summed E-state index contributed by atoms with van der Waals surface area (Å²) >= 11 is 0. The van der Waals surface area contributed by atoms with Crippen LogP contribution in [0.15, 0.2) is 24.3 Å². The third-order valence-electron chi connectivity index (χ3n) is 2.92. The average Bonchev–Trinajstić information content (AvgIpc) is 2.88. The number of nitrogens with zero attached hydrogens (tertiary/aromatic N) is 3. The minimum absolute atomic E-state index is 0.124. The fourth-order valence-electron chi connectivity index (χ4n) is 1.90. The molecule has 0 bridgehead atoms. The Kier molecular flexibility index (Phi) is 1.62. The molecular formula is C10H9FN4. The lowest BCUT2D eigenvalue weighted by atomic mass is 9.95. The lowest BCUT2D eigenvalue weighted by Crippen LogP contribution is -2.10. The number of halogens is 1. The van der Waals surface area contributed by atoms with Gasteiger partial charge in [0.15, 0.2) is 5.82 Å². The van der Waals surface area contributed by atoms with Crippen molar-refractivity contribution < 1.29 is 4.39 Å². The Hall–Kier alpha value is -1.78. The summed E-state index contributed by atoms with van der Waals surface area (Å²) in [6.45, 7) is 0. The van der Waals surface area contributed by atoms with Gasteiger partial charge in [-0.3, -0.25) is 0 Å². The highest BCUT2D eigenvalue weighted by Crippen LogP contribution is 2.51. The number of tetrazole rings is 1. The first-order valence-corrected chi connectivity index (χ1v) is 4.81. The van der Waals surface area contributed by atoms with Gasteiger partial charge in [0.2, 0.25) is 0 Å². The van der Waals surface area contributed by atoms with Gasteiger partial charge in [-0.2, -0.15) is 5.21 Å². The summed E-state index contributed by atoms with van der Waals surface area (Å²) in [6.07, 6.45) is 2.00. The third kappa shape index (κ3) is 1.23. The molecule has 1 aliphatic carbocycles. The van der Waals surface area contributed by atoms with Gasteiger partial charge < -0.3 is 0 Å². The van der Waals surface area contributed by atoms with Crippen LogP contribution < -0.4 is 0 Å². The van der Waals surface area contributed by atoms with Crippen LogP contribution in [-0.4, -0.2) is 20.6 Å². The predicted octanol–water partition coefficient (Wildman–Crippen LogP) is 1.42. The molecule has 1 aromatic carbocycles. The van der Waals surface area contributed by atoms with Crippen molar-refractivity contribution in [3.63, 3.8) is 0 Å². The van der Waals surface area contributed by atoms with Crippen molar-refractivity contribution in [2.45, 2.75) is 18.3 Å². The molecule has 0 radical (unpaired) electrons. The van der Waals surface area contributed by atoms with E-state index in [-0.39, 0.29) is 11.2 Å². The molecule has 1 heterocycles. The van der Waals surface area contributed by atoms with Crippen molar-refractivity contribution in [1.82, 2.24) is 20.6 Å². The first-order chi connectivity index (χ1) is 7.31. The van der Waals surface area contributed by atoms with Gasteiger partial charge >= 0.3 is 0 Å². The molecule has 1 N–H and O–H groups in total. The number of aromatic nitrogens is 4. The summed E-state index contributed by atoms with van der Waals surface area (Å²) in [5.74, 6) is 0.483. The molecule has 0 unspecified atom stereocenters. The standard InChI is InChI=1S/C10H9FN4/c11-8-3-1-7(2-4-8)10(5-6-10)9-12-14-15-13-9/h1-4H,5-6H2,(H,12,13,14,15). The van der Waals surface area contributed by atoms with Gasteiger partial charge in [0.05, 0.1) is 5.41 Å². The highest BCUT2D eigenvalue weighted by molar-refractivity contribution is 5.38. The van der Waals surface area contributed by atoms with Crippen LogP contribution in [0.5, 0.6) is 0 Å². The summed E-state index contributed by atoms with van der Waals surface area (Å²) < 4.78 is 12.8. The molecular weight excluding hydrogens is 195 g/mol. The van der Waals surface area contributed by atoms with Crippen LogP contribution in [0.1, 0.15) is 24.2 Å². The maximum absolute atomic E-state index is 12.8. The quantitative estimate of drug-likeness (QED) is 0.804. The Bertz CT molecular complexity index is 459. The van der Waals surface area contributed by atoms with Crippen LogP contribution in [0.2, 0.25) is 0 Å². The van der Waals surface area contributed by atoms with E-state index in [1.165, 1.54) is 12.1 Å². The number of H-pyrrole nitrogens is 1. The normalized spacial score (nSPS) is 17.7. The van der Waals surface area contributed by atoms with E-state index in [2.05, 4.69) is 20.6 Å². The first-order valence-electron chi connectivity index (χ1n) is 4.81. The van der Waals surface area contributed by atoms with Crippen LogP contribution in [0.3, 0.4) is 0 Å². The van der Waals surface area contributed by atoms with Crippen molar-refractivity contribution in [3.05, 3.63) is 41.5 Å². The third-order valence-corrected chi connectivity index (χ3v) is 2.92. The molecule has 0 spiro atoms. The molecule has 1 aliphatic rings. The second kappa shape index (κ2) is 2.85. The number of aromatic amines is 1. The largest absolute Gasteiger partial charge is 0.207 e. The van der Waals surface area contributed by atoms with Gasteiger partial charge in [-0.1, -0.05) is 17.3 Å². The van der Waals surface area contributed by atoms with Gasteiger partial charge in [0, 0.05) is 0 Å². The summed E-state index contributed by atoms with van der Waals surface area (Å²) in [7, 11) is 0. The second-order valence-corrected chi connectivity index (χ2v) is 3.82. The van der Waals surface area contributed by atoms with E-state index in [4.69, 9.17) is 0 Å². The van der Waals surface area contributed by atoms with Crippen molar-refractivity contribution in [2.24, 2.45) is 0 Å². The number of benzene rings is 1. The molecule has 0 aliphatic heterocycles. The molecule has 0 saturated heterocycles. The Labute approximate surface area is 85.5 Å². The van der Waals surface area contributed by atoms with Crippen molar-refractivity contribution in [2.75, 3.05) is 0 Å². The number of hydrogen-bond donors (Lipinski definition) is 1. The molecule has 1 saturated carbocycles. The van der Waals surface area contributed by atoms with Gasteiger partial charge in [-0.15, -0.1) is 10.2 Å². The molecule has 2 aromatic rings. The van der Waals surface area contributed by atoms with Crippen LogP contribution in [0.25, 0.3) is 0 Å². The maximum atomic E-state index is 12.8. The fraction of sp³-hybridized carbons (Fsp3) is 0.300. The summed E-state index contributed by atoms with van der Waals surface area (Å²) in [5, 5.41) is 14.0. The molecule has 3 rings (SSSR count). The van der Waals surface area contributed by atoms with Crippen LogP contribution in [0, 0.1) is 5.82 Å². The van der Waals surface area contributed by atoms with E-state index in [0.717, 1.165) is 18.4 Å². The second-order valence-electron chi connectivity index (χ2n) is 3.82. The van der Waals surface area contributed by atoms with E-state index in [1.807, 2.05) is 0 Å². The molecule has 0 atom stereocenters. The average molecular weight is 204 g/mol. The van der Waals surface area contributed by atoms with E-state index in [1.54, 1.807) is 12.1 Å². The zero-order valence-electron chi connectivity index (χ0n) is 7.94. The molecule has 1 aromatic heterocycles. The lowest BCUT2D eigenvalue weighted by Gasteiger charge is -2.10. The first kappa shape index (κ1) is 8.52. The predicted molar refractivity (Wildman–Crippen MR) is 50.6 cm³/mol. The lowest BCUT2D eigenvalue weighted by molar-refractivity contribution is 0.625. The van der Waals surface area contributed by atoms with Crippen LogP contribution >= 0.6 is 0 Å². The van der Waals surface area contributed by atoms with Crippen LogP contribution in [-0.2, 0) is 5.41 Å². The Balaban J connectivity index is 2.04. The van der Waals surface area contributed by atoms with Crippen molar-refractivity contribution in [3.8, 4) is 0 Å². The fourth-order valence-corrected chi connectivity index (χ4v) is 1.90. The molecule has 1 fully saturated rings. The molecule has 0 amide bonds. The van der Waals surface area contributed by atoms with E-state index in [0.29, 0.717) is 5.82 Å². The van der Waals surface area contributed by atoms with Crippen molar-refractivity contribution >= 4 is 0 Å². The van der Waals surface area contributed by atoms with E-state index < -0.39 is 0 Å². The van der Waals surface area contributed by atoms with Gasteiger partial charge in [0.25, 0.3) is 0 Å². The van der Waals surface area contributed by atoms with E-state index >= 15 is 0 Å². The Morgan fingerprint density at radius 2 is 1.93 bits per heavy atom. The zero-order chi connectivity index (χ0) is 10.3. The Morgan fingerprint density at radius 3 is 2.47 bits per heavy atom. The zero-order valence-corrected chi connectivity index (χ0v) is 7.94. The summed E-state index contributed by atoms with van der Waals surface area (Å²) in [6, 6.07) is 6.52. The van der Waals surface area contributed by atoms with Gasteiger partial charge in [-0.25, -0.2) is 4.39 Å². The van der Waals surface area contributed by atoms with Crippen LogP contribution in [0.4, 0.5) is 4.39 Å². The van der Waals surface area contributed by atoms with Crippen molar-refractivity contribution in [1.29, 1.82) is 0 Å². The number of rotatable bonds is 2.